The first-order valence-corrected chi connectivity index (χ1v) is 6.52. The number of rotatable bonds is 8. The lowest BCUT2D eigenvalue weighted by Crippen LogP contribution is -2.39. The van der Waals surface area contributed by atoms with E-state index in [2.05, 4.69) is 10.6 Å². The van der Waals surface area contributed by atoms with Crippen LogP contribution in [0.3, 0.4) is 0 Å². The summed E-state index contributed by atoms with van der Waals surface area (Å²) in [6.45, 7) is 1.75. The molecule has 1 amide bonds. The average molecular weight is 268 g/mol. The van der Waals surface area contributed by atoms with Gasteiger partial charge in [0.25, 0.3) is 0 Å². The molecule has 1 aromatic heterocycles. The van der Waals surface area contributed by atoms with Gasteiger partial charge in [-0.05, 0) is 18.6 Å². The second-order valence-corrected chi connectivity index (χ2v) is 4.71. The van der Waals surface area contributed by atoms with Crippen LogP contribution in [0.15, 0.2) is 22.8 Å². The fraction of sp³-hybridized carbons (Fsp3) is 0.615. The summed E-state index contributed by atoms with van der Waals surface area (Å²) in [5.74, 6) is 0.850. The number of hydrogen-bond donors (Lipinski definition) is 3. The van der Waals surface area contributed by atoms with Crippen LogP contribution in [0.2, 0.25) is 0 Å². The predicted octanol–water partition coefficient (Wildman–Crippen LogP) is 0.0253. The molecule has 2 atom stereocenters. The molecule has 0 bridgehead atoms. The van der Waals surface area contributed by atoms with Gasteiger partial charge in [-0.15, -0.1) is 0 Å². The molecule has 106 valence electrons. The number of carbonyl (C=O) groups is 1. The van der Waals surface area contributed by atoms with Crippen molar-refractivity contribution < 1.29 is 19.1 Å². The Morgan fingerprint density at radius 2 is 2.53 bits per heavy atom. The molecule has 1 fully saturated rings. The Bertz CT molecular complexity index is 380. The second-order valence-electron chi connectivity index (χ2n) is 4.71. The summed E-state index contributed by atoms with van der Waals surface area (Å²) >= 11 is 0. The van der Waals surface area contributed by atoms with Gasteiger partial charge in [-0.1, -0.05) is 0 Å². The number of carbonyl (C=O) groups excluding carboxylic acids is 1. The van der Waals surface area contributed by atoms with Crippen molar-refractivity contribution >= 4 is 5.91 Å². The third-order valence-electron chi connectivity index (χ3n) is 2.99. The Hall–Kier alpha value is -1.37. The highest BCUT2D eigenvalue weighted by molar-refractivity contribution is 5.78. The first kappa shape index (κ1) is 14.0. The van der Waals surface area contributed by atoms with Gasteiger partial charge in [0.05, 0.1) is 19.0 Å². The molecule has 1 saturated heterocycles. The van der Waals surface area contributed by atoms with E-state index in [0.717, 1.165) is 12.2 Å². The van der Waals surface area contributed by atoms with Crippen LogP contribution in [-0.4, -0.2) is 42.9 Å². The van der Waals surface area contributed by atoms with Gasteiger partial charge in [-0.3, -0.25) is 4.79 Å². The lowest BCUT2D eigenvalue weighted by atomic mass is 10.2. The molecule has 19 heavy (non-hydrogen) atoms. The summed E-state index contributed by atoms with van der Waals surface area (Å²) in [4.78, 5) is 11.0. The van der Waals surface area contributed by atoms with E-state index in [1.165, 1.54) is 0 Å². The molecule has 1 aliphatic rings. The molecule has 2 unspecified atom stereocenters. The molecular weight excluding hydrogens is 248 g/mol. The summed E-state index contributed by atoms with van der Waals surface area (Å²) in [6.07, 6.45) is 2.48. The number of aliphatic hydroxyl groups excluding tert-OH is 1. The van der Waals surface area contributed by atoms with Crippen molar-refractivity contribution in [1.29, 1.82) is 0 Å². The standard InChI is InChI=1S/C13H20N2O4/c16-11(8-18-9-12-2-1-5-19-12)7-14-6-10-3-4-13(17)15-10/h1-2,5,10-11,14,16H,3-4,6-9H2,(H,15,17). The molecule has 2 heterocycles. The van der Waals surface area contributed by atoms with Crippen LogP contribution in [0.4, 0.5) is 0 Å². The van der Waals surface area contributed by atoms with E-state index in [1.807, 2.05) is 6.07 Å². The molecule has 3 N–H and O–H groups in total. The van der Waals surface area contributed by atoms with Gasteiger partial charge in [-0.25, -0.2) is 0 Å². The number of amides is 1. The van der Waals surface area contributed by atoms with E-state index >= 15 is 0 Å². The van der Waals surface area contributed by atoms with Crippen molar-refractivity contribution in [2.75, 3.05) is 19.7 Å². The summed E-state index contributed by atoms with van der Waals surface area (Å²) in [6, 6.07) is 3.81. The minimum atomic E-state index is -0.563. The first-order chi connectivity index (χ1) is 9.24. The van der Waals surface area contributed by atoms with E-state index in [0.29, 0.717) is 26.1 Å². The lowest BCUT2D eigenvalue weighted by Gasteiger charge is -2.14. The third kappa shape index (κ3) is 5.02. The second kappa shape index (κ2) is 7.28. The largest absolute Gasteiger partial charge is 0.467 e. The molecular formula is C13H20N2O4. The van der Waals surface area contributed by atoms with Crippen LogP contribution < -0.4 is 10.6 Å². The molecule has 0 aromatic carbocycles. The summed E-state index contributed by atoms with van der Waals surface area (Å²) in [5, 5.41) is 15.7. The van der Waals surface area contributed by atoms with Crippen molar-refractivity contribution in [2.24, 2.45) is 0 Å². The predicted molar refractivity (Wildman–Crippen MR) is 68.4 cm³/mol. The van der Waals surface area contributed by atoms with Crippen molar-refractivity contribution in [3.05, 3.63) is 24.2 Å². The molecule has 6 heteroatoms. The van der Waals surface area contributed by atoms with Crippen LogP contribution in [0.5, 0.6) is 0 Å². The summed E-state index contributed by atoms with van der Waals surface area (Å²) in [5.41, 5.74) is 0. The van der Waals surface area contributed by atoms with E-state index in [4.69, 9.17) is 9.15 Å². The molecule has 0 spiro atoms. The molecule has 2 rings (SSSR count). The van der Waals surface area contributed by atoms with Crippen molar-refractivity contribution in [2.45, 2.75) is 31.6 Å². The fourth-order valence-electron chi connectivity index (χ4n) is 2.00. The van der Waals surface area contributed by atoms with Gasteiger partial charge in [0.2, 0.25) is 5.91 Å². The van der Waals surface area contributed by atoms with Gasteiger partial charge < -0.3 is 24.9 Å². The van der Waals surface area contributed by atoms with E-state index < -0.39 is 6.10 Å². The molecule has 1 aromatic rings. The molecule has 1 aliphatic heterocycles. The molecule has 0 saturated carbocycles. The monoisotopic (exact) mass is 268 g/mol. The quantitative estimate of drug-likeness (QED) is 0.619. The maximum atomic E-state index is 11.0. The summed E-state index contributed by atoms with van der Waals surface area (Å²) < 4.78 is 10.4. The molecule has 6 nitrogen and oxygen atoms in total. The smallest absolute Gasteiger partial charge is 0.220 e. The van der Waals surface area contributed by atoms with Crippen LogP contribution in [0.25, 0.3) is 0 Å². The van der Waals surface area contributed by atoms with E-state index in [9.17, 15) is 9.90 Å². The maximum Gasteiger partial charge on any atom is 0.220 e. The minimum Gasteiger partial charge on any atom is -0.467 e. The Kier molecular flexibility index (Phi) is 5.38. The number of furan rings is 1. The highest BCUT2D eigenvalue weighted by Gasteiger charge is 2.20. The average Bonchev–Trinajstić information content (AvgIpc) is 3.01. The van der Waals surface area contributed by atoms with Crippen molar-refractivity contribution in [1.82, 2.24) is 10.6 Å². The zero-order valence-electron chi connectivity index (χ0n) is 10.8. The number of nitrogens with one attached hydrogen (secondary N) is 2. The van der Waals surface area contributed by atoms with Crippen molar-refractivity contribution in [3.8, 4) is 0 Å². The third-order valence-corrected chi connectivity index (χ3v) is 2.99. The van der Waals surface area contributed by atoms with Crippen LogP contribution in [0.1, 0.15) is 18.6 Å². The van der Waals surface area contributed by atoms with Gasteiger partial charge in [0.15, 0.2) is 0 Å². The number of ether oxygens (including phenoxy) is 1. The van der Waals surface area contributed by atoms with Crippen LogP contribution >= 0.6 is 0 Å². The Morgan fingerprint density at radius 3 is 3.21 bits per heavy atom. The highest BCUT2D eigenvalue weighted by atomic mass is 16.5. The van der Waals surface area contributed by atoms with Gasteiger partial charge in [0.1, 0.15) is 12.4 Å². The van der Waals surface area contributed by atoms with Crippen LogP contribution in [-0.2, 0) is 16.1 Å². The van der Waals surface area contributed by atoms with Crippen molar-refractivity contribution in [3.63, 3.8) is 0 Å². The lowest BCUT2D eigenvalue weighted by molar-refractivity contribution is -0.119. The van der Waals surface area contributed by atoms with E-state index in [1.54, 1.807) is 12.3 Å². The Balaban J connectivity index is 1.50. The van der Waals surface area contributed by atoms with E-state index in [-0.39, 0.29) is 18.6 Å². The first-order valence-electron chi connectivity index (χ1n) is 6.52. The van der Waals surface area contributed by atoms with Gasteiger partial charge in [0, 0.05) is 25.6 Å². The van der Waals surface area contributed by atoms with Crippen LogP contribution in [0, 0.1) is 0 Å². The topological polar surface area (TPSA) is 83.7 Å². The SMILES string of the molecule is O=C1CCC(CNCC(O)COCc2ccco2)N1. The number of hydrogen-bond acceptors (Lipinski definition) is 5. The Morgan fingerprint density at radius 1 is 1.63 bits per heavy atom. The Labute approximate surface area is 112 Å². The summed E-state index contributed by atoms with van der Waals surface area (Å²) in [7, 11) is 0. The maximum absolute atomic E-state index is 11.0. The fourth-order valence-corrected chi connectivity index (χ4v) is 2.00. The number of aliphatic hydroxyl groups is 1. The zero-order chi connectivity index (χ0) is 13.5. The molecule has 0 radical (unpaired) electrons. The minimum absolute atomic E-state index is 0.106. The zero-order valence-corrected chi connectivity index (χ0v) is 10.8. The van der Waals surface area contributed by atoms with Gasteiger partial charge >= 0.3 is 0 Å². The molecule has 0 aliphatic carbocycles. The van der Waals surface area contributed by atoms with Gasteiger partial charge in [-0.2, -0.15) is 0 Å². The normalized spacial score (nSPS) is 20.5. The highest BCUT2D eigenvalue weighted by Crippen LogP contribution is 2.05.